The third kappa shape index (κ3) is 3.29. The summed E-state index contributed by atoms with van der Waals surface area (Å²) < 4.78 is 0.577. The van der Waals surface area contributed by atoms with Gasteiger partial charge in [0.15, 0.2) is 0 Å². The number of nitrogens with zero attached hydrogens (tertiary/aromatic N) is 1. The summed E-state index contributed by atoms with van der Waals surface area (Å²) >= 11 is 7.59. The van der Waals surface area contributed by atoms with E-state index < -0.39 is 0 Å². The number of phenols is 2. The summed E-state index contributed by atoms with van der Waals surface area (Å²) in [5, 5.41) is 20.5. The van der Waals surface area contributed by atoms with Crippen molar-refractivity contribution in [1.29, 1.82) is 0 Å². The van der Waals surface area contributed by atoms with Gasteiger partial charge in [0, 0.05) is 11.1 Å². The molecule has 122 valence electrons. The Kier molecular flexibility index (Phi) is 4.85. The molecule has 0 bridgehead atoms. The van der Waals surface area contributed by atoms with Gasteiger partial charge in [-0.1, -0.05) is 41.6 Å². The van der Waals surface area contributed by atoms with Crippen LogP contribution < -0.4 is 0 Å². The molecule has 1 heterocycles. The van der Waals surface area contributed by atoms with Gasteiger partial charge in [0.25, 0.3) is 5.91 Å². The Morgan fingerprint density at radius 1 is 1.12 bits per heavy atom. The minimum absolute atomic E-state index is 0.100. The quantitative estimate of drug-likeness (QED) is 0.609. The maximum absolute atomic E-state index is 12.1. The van der Waals surface area contributed by atoms with Crippen LogP contribution in [0.4, 0.5) is 0 Å². The van der Waals surface area contributed by atoms with E-state index in [0.29, 0.717) is 20.0 Å². The van der Waals surface area contributed by atoms with Crippen molar-refractivity contribution in [2.24, 2.45) is 4.99 Å². The lowest BCUT2D eigenvalue weighted by Gasteiger charge is -2.07. The van der Waals surface area contributed by atoms with Crippen LogP contribution in [0.25, 0.3) is 6.08 Å². The molecule has 0 aromatic heterocycles. The van der Waals surface area contributed by atoms with Crippen LogP contribution in [-0.2, 0) is 4.79 Å². The molecular formula is C17H11Br2NO3S. The first-order valence-corrected chi connectivity index (χ1v) is 9.26. The van der Waals surface area contributed by atoms with Crippen LogP contribution in [0.3, 0.4) is 0 Å². The van der Waals surface area contributed by atoms with Crippen molar-refractivity contribution in [2.45, 2.75) is 6.92 Å². The smallest absolute Gasteiger partial charge is 0.284 e. The highest BCUT2D eigenvalue weighted by atomic mass is 79.9. The molecule has 24 heavy (non-hydrogen) atoms. The molecule has 0 spiro atoms. The fourth-order valence-corrected chi connectivity index (χ4v) is 4.16. The predicted octanol–water partition coefficient (Wildman–Crippen LogP) is 4.99. The van der Waals surface area contributed by atoms with Crippen LogP contribution in [0.15, 0.2) is 49.2 Å². The number of aromatic hydroxyl groups is 2. The molecule has 4 nitrogen and oxygen atoms in total. The lowest BCUT2D eigenvalue weighted by Crippen LogP contribution is -1.90. The zero-order valence-corrected chi connectivity index (χ0v) is 16.4. The topological polar surface area (TPSA) is 69.9 Å². The van der Waals surface area contributed by atoms with E-state index in [1.165, 1.54) is 11.8 Å². The summed E-state index contributed by atoms with van der Waals surface area (Å²) in [6, 6.07) is 9.31. The summed E-state index contributed by atoms with van der Waals surface area (Å²) in [6.45, 7) is 1.99. The first-order valence-electron chi connectivity index (χ1n) is 6.86. The maximum Gasteiger partial charge on any atom is 0.284 e. The van der Waals surface area contributed by atoms with Gasteiger partial charge in [-0.2, -0.15) is 0 Å². The van der Waals surface area contributed by atoms with Crippen molar-refractivity contribution < 1.29 is 15.0 Å². The molecule has 3 rings (SSSR count). The van der Waals surface area contributed by atoms with Crippen molar-refractivity contribution in [3.8, 4) is 11.5 Å². The van der Waals surface area contributed by atoms with Crippen LogP contribution >= 0.6 is 43.6 Å². The average Bonchev–Trinajstić information content (AvgIpc) is 2.92. The molecule has 2 aromatic rings. The summed E-state index contributed by atoms with van der Waals surface area (Å²) in [4.78, 5) is 16.6. The Bertz CT molecular complexity index is 905. The van der Waals surface area contributed by atoms with Crippen molar-refractivity contribution in [3.05, 3.63) is 60.9 Å². The van der Waals surface area contributed by atoms with E-state index in [1.54, 1.807) is 12.1 Å². The van der Waals surface area contributed by atoms with E-state index in [9.17, 15) is 15.0 Å². The van der Waals surface area contributed by atoms with Crippen molar-refractivity contribution >= 4 is 60.6 Å². The van der Waals surface area contributed by atoms with Crippen LogP contribution in [0.2, 0.25) is 0 Å². The second kappa shape index (κ2) is 6.74. The summed E-state index contributed by atoms with van der Waals surface area (Å²) in [6.07, 6.45) is 1.56. The molecule has 0 radical (unpaired) electrons. The fourth-order valence-electron chi connectivity index (χ4n) is 2.10. The van der Waals surface area contributed by atoms with Crippen LogP contribution in [0, 0.1) is 6.92 Å². The number of carbonyl (C=O) groups excluding carboxylic acids is 1. The number of halogens is 2. The number of phenolic OH excluding ortho intramolecular Hbond substituents is 2. The molecule has 0 atom stereocenters. The SMILES string of the molecule is Cc1ccc(C2=NC(=O)/C(=C\c3cc(Br)c(O)c(Br)c3O)S2)cc1. The second-order valence-electron chi connectivity index (χ2n) is 5.16. The van der Waals surface area contributed by atoms with Crippen molar-refractivity contribution in [2.75, 3.05) is 0 Å². The zero-order valence-electron chi connectivity index (χ0n) is 12.4. The Morgan fingerprint density at radius 2 is 1.79 bits per heavy atom. The number of benzene rings is 2. The molecule has 7 heteroatoms. The minimum atomic E-state index is -0.352. The number of hydrogen-bond donors (Lipinski definition) is 2. The monoisotopic (exact) mass is 467 g/mol. The van der Waals surface area contributed by atoms with E-state index in [4.69, 9.17) is 0 Å². The molecule has 2 N–H and O–H groups in total. The van der Waals surface area contributed by atoms with E-state index >= 15 is 0 Å². The predicted molar refractivity (Wildman–Crippen MR) is 103 cm³/mol. The molecule has 0 saturated heterocycles. The van der Waals surface area contributed by atoms with Gasteiger partial charge in [0.1, 0.15) is 21.0 Å². The molecule has 1 amide bonds. The van der Waals surface area contributed by atoms with E-state index in [1.807, 2.05) is 31.2 Å². The van der Waals surface area contributed by atoms with Gasteiger partial charge in [-0.15, -0.1) is 0 Å². The number of aliphatic imine (C=N–C) groups is 1. The van der Waals surface area contributed by atoms with Gasteiger partial charge in [-0.05, 0) is 50.9 Å². The minimum Gasteiger partial charge on any atom is -0.506 e. The first-order chi connectivity index (χ1) is 11.4. The molecule has 0 fully saturated rings. The second-order valence-corrected chi connectivity index (χ2v) is 7.84. The van der Waals surface area contributed by atoms with E-state index in [0.717, 1.165) is 11.1 Å². The lowest BCUT2D eigenvalue weighted by molar-refractivity contribution is -0.113. The Hall–Kier alpha value is -1.57. The van der Waals surface area contributed by atoms with E-state index in [-0.39, 0.29) is 21.9 Å². The van der Waals surface area contributed by atoms with Gasteiger partial charge in [-0.3, -0.25) is 4.79 Å². The van der Waals surface area contributed by atoms with Crippen LogP contribution in [0.1, 0.15) is 16.7 Å². The van der Waals surface area contributed by atoms with Gasteiger partial charge in [-0.25, -0.2) is 4.99 Å². The number of aryl methyl sites for hydroxylation is 1. The van der Waals surface area contributed by atoms with Gasteiger partial charge >= 0.3 is 0 Å². The highest BCUT2D eigenvalue weighted by Crippen LogP contribution is 2.43. The molecular weight excluding hydrogens is 458 g/mol. The number of thioether (sulfide) groups is 1. The summed E-state index contributed by atoms with van der Waals surface area (Å²) in [5.74, 6) is -0.590. The number of rotatable bonds is 2. The summed E-state index contributed by atoms with van der Waals surface area (Å²) in [7, 11) is 0. The van der Waals surface area contributed by atoms with Gasteiger partial charge < -0.3 is 10.2 Å². The lowest BCUT2D eigenvalue weighted by atomic mass is 10.1. The van der Waals surface area contributed by atoms with Crippen molar-refractivity contribution in [1.82, 2.24) is 0 Å². The van der Waals surface area contributed by atoms with Crippen LogP contribution in [-0.4, -0.2) is 21.2 Å². The normalized spacial score (nSPS) is 15.9. The average molecular weight is 469 g/mol. The Labute approximate surface area is 159 Å². The summed E-state index contributed by atoms with van der Waals surface area (Å²) in [5.41, 5.74) is 2.41. The highest BCUT2D eigenvalue weighted by molar-refractivity contribution is 9.11. The zero-order chi connectivity index (χ0) is 17.4. The molecule has 0 aliphatic carbocycles. The van der Waals surface area contributed by atoms with E-state index in [2.05, 4.69) is 36.9 Å². The van der Waals surface area contributed by atoms with Crippen molar-refractivity contribution in [3.63, 3.8) is 0 Å². The molecule has 0 saturated carbocycles. The number of hydrogen-bond acceptors (Lipinski definition) is 4. The fraction of sp³-hybridized carbons (Fsp3) is 0.0588. The number of carbonyl (C=O) groups is 1. The third-order valence-electron chi connectivity index (χ3n) is 3.40. The number of amides is 1. The molecule has 1 aliphatic rings. The van der Waals surface area contributed by atoms with Gasteiger partial charge in [0.2, 0.25) is 0 Å². The first kappa shape index (κ1) is 17.3. The largest absolute Gasteiger partial charge is 0.506 e. The van der Waals surface area contributed by atoms with Crippen LogP contribution in [0.5, 0.6) is 11.5 Å². The maximum atomic E-state index is 12.1. The molecule has 0 unspecified atom stereocenters. The molecule has 1 aliphatic heterocycles. The Balaban J connectivity index is 1.94. The highest BCUT2D eigenvalue weighted by Gasteiger charge is 2.24. The standard InChI is InChI=1S/C17H11Br2NO3S/c1-8-2-4-9(5-3-8)17-20-16(23)12(24-17)7-10-6-11(18)15(22)13(19)14(10)21/h2-7,21-22H,1H3/b12-7+. The molecule has 2 aromatic carbocycles. The van der Waals surface area contributed by atoms with Gasteiger partial charge in [0.05, 0.1) is 9.38 Å². The third-order valence-corrected chi connectivity index (χ3v) is 5.79. The Morgan fingerprint density at radius 3 is 2.46 bits per heavy atom.